The SMILES string of the molecule is CCC(=O)O[C@H]1[C@H](OC(=O)/C=C/C(=O)O)OC[C@@H](OC(=O)CC)[C@H]1OC(=O)CC. The van der Waals surface area contributed by atoms with E-state index in [1.165, 1.54) is 13.8 Å². The number of hydrogen-bond acceptors (Lipinski definition) is 10. The zero-order valence-corrected chi connectivity index (χ0v) is 16.3. The highest BCUT2D eigenvalue weighted by molar-refractivity contribution is 5.90. The van der Waals surface area contributed by atoms with E-state index in [1.54, 1.807) is 6.92 Å². The summed E-state index contributed by atoms with van der Waals surface area (Å²) in [6.45, 7) is 4.31. The summed E-state index contributed by atoms with van der Waals surface area (Å²) < 4.78 is 26.1. The third kappa shape index (κ3) is 7.90. The molecule has 1 rings (SSSR count). The lowest BCUT2D eigenvalue weighted by Crippen LogP contribution is -2.58. The maximum atomic E-state index is 11.9. The number of carbonyl (C=O) groups excluding carboxylic acids is 4. The summed E-state index contributed by atoms with van der Waals surface area (Å²) in [5.74, 6) is -4.43. The molecule has 0 aromatic heterocycles. The zero-order chi connectivity index (χ0) is 22.0. The molecule has 1 saturated heterocycles. The average molecular weight is 416 g/mol. The summed E-state index contributed by atoms with van der Waals surface area (Å²) in [5.41, 5.74) is 0. The van der Waals surface area contributed by atoms with Crippen LogP contribution in [0.25, 0.3) is 0 Å². The molecule has 0 saturated carbocycles. The predicted molar refractivity (Wildman–Crippen MR) is 93.1 cm³/mol. The molecule has 1 fully saturated rings. The molecule has 4 atom stereocenters. The van der Waals surface area contributed by atoms with Crippen molar-refractivity contribution in [3.8, 4) is 0 Å². The van der Waals surface area contributed by atoms with Crippen molar-refractivity contribution >= 4 is 29.8 Å². The first-order valence-corrected chi connectivity index (χ1v) is 9.03. The van der Waals surface area contributed by atoms with Crippen molar-refractivity contribution in [2.75, 3.05) is 6.61 Å². The largest absolute Gasteiger partial charge is 0.478 e. The molecule has 0 bridgehead atoms. The Balaban J connectivity index is 3.13. The van der Waals surface area contributed by atoms with E-state index in [1.807, 2.05) is 0 Å². The number of ether oxygens (including phenoxy) is 5. The smallest absolute Gasteiger partial charge is 0.333 e. The molecule has 11 heteroatoms. The van der Waals surface area contributed by atoms with Gasteiger partial charge in [-0.25, -0.2) is 9.59 Å². The second-order valence-electron chi connectivity index (χ2n) is 5.81. The highest BCUT2D eigenvalue weighted by atomic mass is 16.7. The molecule has 0 aromatic rings. The second-order valence-corrected chi connectivity index (χ2v) is 5.81. The molecule has 1 heterocycles. The van der Waals surface area contributed by atoms with E-state index in [2.05, 4.69) is 0 Å². The maximum absolute atomic E-state index is 11.9. The van der Waals surface area contributed by atoms with Crippen LogP contribution in [-0.4, -0.2) is 66.2 Å². The fraction of sp³-hybridized carbons (Fsp3) is 0.611. The van der Waals surface area contributed by atoms with E-state index in [4.69, 9.17) is 28.8 Å². The van der Waals surface area contributed by atoms with Gasteiger partial charge in [0.05, 0.1) is 6.61 Å². The molecule has 0 aromatic carbocycles. The first kappa shape index (κ1) is 24.1. The Hall–Kier alpha value is -2.95. The van der Waals surface area contributed by atoms with Gasteiger partial charge in [-0.05, 0) is 0 Å². The highest BCUT2D eigenvalue weighted by Gasteiger charge is 2.49. The third-order valence-corrected chi connectivity index (χ3v) is 3.66. The van der Waals surface area contributed by atoms with E-state index >= 15 is 0 Å². The van der Waals surface area contributed by atoms with Gasteiger partial charge in [-0.3, -0.25) is 14.4 Å². The van der Waals surface area contributed by atoms with Gasteiger partial charge in [0, 0.05) is 31.4 Å². The summed E-state index contributed by atoms with van der Waals surface area (Å²) in [4.78, 5) is 57.8. The van der Waals surface area contributed by atoms with E-state index in [-0.39, 0.29) is 25.9 Å². The number of carboxylic acid groups (broad SMARTS) is 1. The van der Waals surface area contributed by atoms with Crippen LogP contribution >= 0.6 is 0 Å². The molecule has 1 aliphatic rings. The van der Waals surface area contributed by atoms with Gasteiger partial charge in [0.2, 0.25) is 12.4 Å². The van der Waals surface area contributed by atoms with Gasteiger partial charge in [0.1, 0.15) is 0 Å². The van der Waals surface area contributed by atoms with E-state index in [0.29, 0.717) is 12.2 Å². The van der Waals surface area contributed by atoms with Gasteiger partial charge < -0.3 is 28.8 Å². The maximum Gasteiger partial charge on any atom is 0.333 e. The van der Waals surface area contributed by atoms with Crippen LogP contribution in [0.15, 0.2) is 12.2 Å². The minimum atomic E-state index is -1.51. The molecule has 11 nitrogen and oxygen atoms in total. The lowest BCUT2D eigenvalue weighted by Gasteiger charge is -2.39. The summed E-state index contributed by atoms with van der Waals surface area (Å²) >= 11 is 0. The Bertz CT molecular complexity index is 654. The molecule has 0 unspecified atom stereocenters. The van der Waals surface area contributed by atoms with Crippen molar-refractivity contribution in [3.05, 3.63) is 12.2 Å². The monoisotopic (exact) mass is 416 g/mol. The van der Waals surface area contributed by atoms with Crippen molar-refractivity contribution in [2.24, 2.45) is 0 Å². The van der Waals surface area contributed by atoms with Crippen LogP contribution < -0.4 is 0 Å². The third-order valence-electron chi connectivity index (χ3n) is 3.66. The van der Waals surface area contributed by atoms with Gasteiger partial charge in [-0.15, -0.1) is 0 Å². The minimum absolute atomic E-state index is 0.00789. The van der Waals surface area contributed by atoms with Crippen molar-refractivity contribution in [2.45, 2.75) is 64.6 Å². The predicted octanol–water partition coefficient (Wildman–Crippen LogP) is 0.492. The van der Waals surface area contributed by atoms with E-state index in [0.717, 1.165) is 0 Å². The fourth-order valence-corrected chi connectivity index (χ4v) is 2.23. The van der Waals surface area contributed by atoms with Gasteiger partial charge in [0.15, 0.2) is 12.2 Å². The number of carboxylic acids is 1. The number of carbonyl (C=O) groups is 5. The summed E-state index contributed by atoms with van der Waals surface area (Å²) in [5, 5.41) is 8.58. The molecule has 1 aliphatic heterocycles. The normalized spacial score (nSPS) is 23.8. The van der Waals surface area contributed by atoms with E-state index < -0.39 is 54.4 Å². The molecular formula is C18H24O11. The molecule has 0 aliphatic carbocycles. The van der Waals surface area contributed by atoms with Crippen LogP contribution in [0.4, 0.5) is 0 Å². The summed E-state index contributed by atoms with van der Waals surface area (Å²) in [6, 6.07) is 0. The lowest BCUT2D eigenvalue weighted by molar-refractivity contribution is -0.273. The zero-order valence-electron chi connectivity index (χ0n) is 16.3. The van der Waals surface area contributed by atoms with Crippen LogP contribution in [0.1, 0.15) is 40.0 Å². The topological polar surface area (TPSA) is 152 Å². The Morgan fingerprint density at radius 2 is 1.34 bits per heavy atom. The van der Waals surface area contributed by atoms with Crippen molar-refractivity contribution < 1.29 is 52.8 Å². The van der Waals surface area contributed by atoms with Crippen LogP contribution in [-0.2, 0) is 47.7 Å². The van der Waals surface area contributed by atoms with Crippen molar-refractivity contribution in [1.82, 2.24) is 0 Å². The average Bonchev–Trinajstić information content (AvgIpc) is 2.69. The Labute approximate surface area is 166 Å². The molecule has 0 spiro atoms. The standard InChI is InChI=1S/C18H24O11/c1-4-12(21)26-10-9-25-18(29-15(24)8-7-11(19)20)17(28-14(23)6-3)16(10)27-13(22)5-2/h7-8,10,16-18H,4-6,9H2,1-3H3,(H,19,20)/b8-7+/t10-,16-,17-,18+/m1/s1. The van der Waals surface area contributed by atoms with Crippen LogP contribution in [0, 0.1) is 0 Å². The summed E-state index contributed by atoms with van der Waals surface area (Å²) in [6.07, 6.45) is -4.13. The number of hydrogen-bond donors (Lipinski definition) is 1. The Kier molecular flexibility index (Phi) is 9.80. The Morgan fingerprint density at radius 1 is 0.828 bits per heavy atom. The molecule has 0 amide bonds. The number of esters is 4. The second kappa shape index (κ2) is 11.8. The van der Waals surface area contributed by atoms with E-state index in [9.17, 15) is 24.0 Å². The fourth-order valence-electron chi connectivity index (χ4n) is 2.23. The van der Waals surface area contributed by atoms with Crippen LogP contribution in [0.5, 0.6) is 0 Å². The van der Waals surface area contributed by atoms with Gasteiger partial charge >= 0.3 is 29.8 Å². The first-order valence-electron chi connectivity index (χ1n) is 9.03. The Morgan fingerprint density at radius 3 is 1.86 bits per heavy atom. The van der Waals surface area contributed by atoms with Crippen molar-refractivity contribution in [3.63, 3.8) is 0 Å². The number of rotatable bonds is 9. The van der Waals surface area contributed by atoms with Gasteiger partial charge in [-0.2, -0.15) is 0 Å². The molecule has 29 heavy (non-hydrogen) atoms. The van der Waals surface area contributed by atoms with Gasteiger partial charge in [0.25, 0.3) is 0 Å². The van der Waals surface area contributed by atoms with Crippen LogP contribution in [0.2, 0.25) is 0 Å². The van der Waals surface area contributed by atoms with Crippen molar-refractivity contribution in [1.29, 1.82) is 0 Å². The molecule has 162 valence electrons. The summed E-state index contributed by atoms with van der Waals surface area (Å²) in [7, 11) is 0. The minimum Gasteiger partial charge on any atom is -0.478 e. The molecule has 0 radical (unpaired) electrons. The van der Waals surface area contributed by atoms with Gasteiger partial charge in [-0.1, -0.05) is 20.8 Å². The molecule has 1 N–H and O–H groups in total. The highest BCUT2D eigenvalue weighted by Crippen LogP contribution is 2.26. The quantitative estimate of drug-likeness (QED) is 0.317. The number of aliphatic carboxylic acids is 1. The molecular weight excluding hydrogens is 392 g/mol. The first-order chi connectivity index (χ1) is 13.7. The van der Waals surface area contributed by atoms with Crippen LogP contribution in [0.3, 0.4) is 0 Å². The lowest BCUT2D eigenvalue weighted by atomic mass is 10.0.